The van der Waals surface area contributed by atoms with Gasteiger partial charge in [0.15, 0.2) is 0 Å². The Hall–Kier alpha value is -2.66. The Bertz CT molecular complexity index is 893. The maximum absolute atomic E-state index is 12.5. The molecule has 0 aromatic heterocycles. The molecule has 5 heteroatoms. The van der Waals surface area contributed by atoms with Crippen LogP contribution in [-0.2, 0) is 9.59 Å². The van der Waals surface area contributed by atoms with Gasteiger partial charge in [-0.05, 0) is 29.2 Å². The molecular weight excluding hydrogens is 352 g/mol. The molecule has 4 rings (SSSR count). The van der Waals surface area contributed by atoms with Gasteiger partial charge in [-0.15, -0.1) is 0 Å². The second-order valence-corrected chi connectivity index (χ2v) is 7.71. The van der Waals surface area contributed by atoms with Crippen LogP contribution in [0.25, 0.3) is 11.1 Å². The fourth-order valence-electron chi connectivity index (χ4n) is 4.69. The van der Waals surface area contributed by atoms with Crippen molar-refractivity contribution in [2.45, 2.75) is 38.3 Å². The zero-order valence-electron chi connectivity index (χ0n) is 16.3. The van der Waals surface area contributed by atoms with Crippen LogP contribution in [0.4, 0.5) is 0 Å². The van der Waals surface area contributed by atoms with E-state index in [1.807, 2.05) is 19.1 Å². The maximum atomic E-state index is 12.5. The summed E-state index contributed by atoms with van der Waals surface area (Å²) in [5, 5.41) is 9.89. The van der Waals surface area contributed by atoms with Gasteiger partial charge in [-0.2, -0.15) is 0 Å². The van der Waals surface area contributed by atoms with Gasteiger partial charge in [0.05, 0.1) is 25.2 Å². The van der Waals surface area contributed by atoms with Crippen LogP contribution < -0.4 is 0 Å². The van der Waals surface area contributed by atoms with E-state index in [0.29, 0.717) is 13.0 Å². The smallest absolute Gasteiger partial charge is 0.242 e. The molecule has 0 radical (unpaired) electrons. The minimum absolute atomic E-state index is 0.00843. The lowest BCUT2D eigenvalue weighted by Crippen LogP contribution is -2.73. The highest BCUT2D eigenvalue weighted by molar-refractivity contribution is 5.87. The summed E-state index contributed by atoms with van der Waals surface area (Å²) in [6, 6.07) is 16.4. The summed E-state index contributed by atoms with van der Waals surface area (Å²) in [5.74, 6) is -0.00805. The second-order valence-electron chi connectivity index (χ2n) is 7.71. The first-order valence-electron chi connectivity index (χ1n) is 9.91. The highest BCUT2D eigenvalue weighted by Gasteiger charge is 2.54. The second kappa shape index (κ2) is 7.40. The Morgan fingerprint density at radius 1 is 1.14 bits per heavy atom. The Morgan fingerprint density at radius 3 is 2.50 bits per heavy atom. The summed E-state index contributed by atoms with van der Waals surface area (Å²) >= 11 is 0. The molecule has 0 bridgehead atoms. The lowest BCUT2D eigenvalue weighted by molar-refractivity contribution is -0.166. The van der Waals surface area contributed by atoms with Crippen LogP contribution in [0.2, 0.25) is 0 Å². The molecule has 2 fully saturated rings. The molecule has 2 saturated heterocycles. The summed E-state index contributed by atoms with van der Waals surface area (Å²) in [7, 11) is 0. The number of carbonyl (C=O) groups is 2. The van der Waals surface area contributed by atoms with Crippen LogP contribution in [0.15, 0.2) is 48.5 Å². The highest BCUT2D eigenvalue weighted by Crippen LogP contribution is 2.43. The lowest BCUT2D eigenvalue weighted by atomic mass is 9.73. The molecule has 1 N–H and O–H groups in total. The number of piperazine rings is 1. The number of rotatable bonds is 4. The van der Waals surface area contributed by atoms with Crippen LogP contribution in [0.3, 0.4) is 0 Å². The van der Waals surface area contributed by atoms with E-state index in [4.69, 9.17) is 0 Å². The average molecular weight is 378 g/mol. The normalized spacial score (nSPS) is 24.0. The van der Waals surface area contributed by atoms with E-state index in [2.05, 4.69) is 43.3 Å². The van der Waals surface area contributed by atoms with Crippen LogP contribution >= 0.6 is 0 Å². The summed E-state index contributed by atoms with van der Waals surface area (Å²) in [6.07, 6.45) is 0.402. The van der Waals surface area contributed by atoms with Crippen molar-refractivity contribution >= 4 is 11.8 Å². The van der Waals surface area contributed by atoms with E-state index in [9.17, 15) is 14.7 Å². The van der Waals surface area contributed by atoms with E-state index < -0.39 is 0 Å². The van der Waals surface area contributed by atoms with Crippen molar-refractivity contribution in [3.05, 3.63) is 59.7 Å². The van der Waals surface area contributed by atoms with E-state index in [1.165, 1.54) is 11.1 Å². The van der Waals surface area contributed by atoms with Crippen LogP contribution in [0.1, 0.15) is 30.4 Å². The molecular formula is C23H26N2O3. The fourth-order valence-corrected chi connectivity index (χ4v) is 4.69. The van der Waals surface area contributed by atoms with Crippen molar-refractivity contribution < 1.29 is 14.7 Å². The van der Waals surface area contributed by atoms with Crippen molar-refractivity contribution in [2.75, 3.05) is 19.7 Å². The molecule has 146 valence electrons. The number of fused-ring (bicyclic) bond motifs is 1. The molecule has 2 aromatic carbocycles. The predicted octanol–water partition coefficient (Wildman–Crippen LogP) is 2.57. The average Bonchev–Trinajstić information content (AvgIpc) is 2.70. The first-order chi connectivity index (χ1) is 13.5. The molecule has 0 saturated carbocycles. The maximum Gasteiger partial charge on any atom is 0.242 e. The van der Waals surface area contributed by atoms with E-state index in [0.717, 1.165) is 11.1 Å². The third kappa shape index (κ3) is 3.00. The first kappa shape index (κ1) is 18.7. The Morgan fingerprint density at radius 2 is 1.86 bits per heavy atom. The monoisotopic (exact) mass is 378 g/mol. The Labute approximate surface area is 165 Å². The van der Waals surface area contributed by atoms with Gasteiger partial charge in [-0.1, -0.05) is 55.5 Å². The zero-order valence-corrected chi connectivity index (χ0v) is 16.3. The molecule has 3 atom stereocenters. The number of amides is 2. The van der Waals surface area contributed by atoms with Gasteiger partial charge in [0.25, 0.3) is 0 Å². The number of carbonyl (C=O) groups excluding carboxylic acids is 2. The molecule has 2 aromatic rings. The summed E-state index contributed by atoms with van der Waals surface area (Å²) in [5.41, 5.74) is 4.69. The van der Waals surface area contributed by atoms with Crippen LogP contribution in [-0.4, -0.2) is 58.5 Å². The zero-order chi connectivity index (χ0) is 19.8. The van der Waals surface area contributed by atoms with Gasteiger partial charge in [0.2, 0.25) is 11.8 Å². The molecule has 0 aliphatic carbocycles. The summed E-state index contributed by atoms with van der Waals surface area (Å²) in [4.78, 5) is 28.1. The van der Waals surface area contributed by atoms with Gasteiger partial charge >= 0.3 is 0 Å². The van der Waals surface area contributed by atoms with Crippen LogP contribution in [0.5, 0.6) is 0 Å². The molecule has 0 unspecified atom stereocenters. The topological polar surface area (TPSA) is 60.9 Å². The molecule has 2 aliphatic heterocycles. The quantitative estimate of drug-likeness (QED) is 0.890. The molecule has 0 spiro atoms. The highest BCUT2D eigenvalue weighted by atomic mass is 16.3. The summed E-state index contributed by atoms with van der Waals surface area (Å²) < 4.78 is 0. The Balaban J connectivity index is 1.60. The number of aliphatic hydroxyl groups excluding tert-OH is 1. The third-order valence-electron chi connectivity index (χ3n) is 6.16. The van der Waals surface area contributed by atoms with Crippen molar-refractivity contribution in [2.24, 2.45) is 0 Å². The number of benzene rings is 2. The minimum Gasteiger partial charge on any atom is -0.394 e. The van der Waals surface area contributed by atoms with E-state index in [1.54, 1.807) is 9.80 Å². The van der Waals surface area contributed by atoms with Crippen molar-refractivity contribution in [3.8, 4) is 11.1 Å². The standard InChI is InChI=1S/C23H26N2O3/c1-3-21(27)24-12-19-23(20(14-26)25(19)22(28)13-24)17-10-8-16(9-11-17)18-7-5-4-6-15(18)2/h4-11,19-20,23,26H,3,12-14H2,1-2H3/t19-,20+,23+/m0/s1. The third-order valence-corrected chi connectivity index (χ3v) is 6.16. The SMILES string of the molecule is CCC(=O)N1CC(=O)N2[C@H](CO)[C@H](c3ccc(-c4ccccc4C)cc3)[C@@H]2C1. The molecule has 2 amide bonds. The number of nitrogens with zero attached hydrogens (tertiary/aromatic N) is 2. The van der Waals surface area contributed by atoms with E-state index in [-0.39, 0.29) is 43.0 Å². The molecule has 5 nitrogen and oxygen atoms in total. The fraction of sp³-hybridized carbons (Fsp3) is 0.391. The van der Waals surface area contributed by atoms with E-state index >= 15 is 0 Å². The molecule has 28 heavy (non-hydrogen) atoms. The molecule has 2 aliphatic rings. The molecule has 2 heterocycles. The number of hydrogen-bond acceptors (Lipinski definition) is 3. The number of aryl methyl sites for hydroxylation is 1. The van der Waals surface area contributed by atoms with Gasteiger partial charge in [0, 0.05) is 18.9 Å². The first-order valence-corrected chi connectivity index (χ1v) is 9.91. The van der Waals surface area contributed by atoms with Crippen molar-refractivity contribution in [3.63, 3.8) is 0 Å². The minimum atomic E-state index is -0.208. The summed E-state index contributed by atoms with van der Waals surface area (Å²) in [6.45, 7) is 4.52. The largest absolute Gasteiger partial charge is 0.394 e. The number of aliphatic hydroxyl groups is 1. The van der Waals surface area contributed by atoms with Gasteiger partial charge in [-0.3, -0.25) is 9.59 Å². The van der Waals surface area contributed by atoms with Gasteiger partial charge in [-0.25, -0.2) is 0 Å². The van der Waals surface area contributed by atoms with Crippen LogP contribution in [0, 0.1) is 6.92 Å². The van der Waals surface area contributed by atoms with Crippen molar-refractivity contribution in [1.82, 2.24) is 9.80 Å². The lowest BCUT2D eigenvalue weighted by Gasteiger charge is -2.58. The Kier molecular flexibility index (Phi) is 4.94. The van der Waals surface area contributed by atoms with Crippen molar-refractivity contribution in [1.29, 1.82) is 0 Å². The van der Waals surface area contributed by atoms with Gasteiger partial charge < -0.3 is 14.9 Å². The van der Waals surface area contributed by atoms with Gasteiger partial charge in [0.1, 0.15) is 0 Å². The predicted molar refractivity (Wildman–Crippen MR) is 108 cm³/mol. The number of hydrogen-bond donors (Lipinski definition) is 1.